The molecule has 3 amide bonds. The maximum Gasteiger partial charge on any atom is 0.408 e. The van der Waals surface area contributed by atoms with Crippen molar-refractivity contribution in [1.29, 1.82) is 0 Å². The van der Waals surface area contributed by atoms with E-state index in [2.05, 4.69) is 10.6 Å². The van der Waals surface area contributed by atoms with Crippen LogP contribution in [0.25, 0.3) is 5.70 Å². The zero-order valence-corrected chi connectivity index (χ0v) is 29.5. The van der Waals surface area contributed by atoms with Crippen LogP contribution in [0.4, 0.5) is 13.6 Å². The molecule has 2 aromatic carbocycles. The minimum Gasteiger partial charge on any atom is -0.480 e. The zero-order chi connectivity index (χ0) is 37.6. The molecule has 0 fully saturated rings. The second-order valence-corrected chi connectivity index (χ2v) is 14.4. The number of aliphatic carboxylic acids is 1. The standard InChI is InChI=1S/C35H48F2N6O7/c1-33(2,3)31(35(7)40-27(24-17-23(36)13-14-25(24)37)19-41(35)18-22-11-9-8-10-12-22)42(28(45)21-44)16-15-26(30(48)43(38)20-29(46)47)39-32(49)50-34(4,5)6/h8-14,17,19,26,31,40,44H,15-16,18,20-21,38H2,1-7H3,(H,39,49)(H,46,47)/t26-,31+,35?/m0/s1. The summed E-state index contributed by atoms with van der Waals surface area (Å²) in [6.07, 6.45) is 0.410. The van der Waals surface area contributed by atoms with Gasteiger partial charge in [-0.15, -0.1) is 0 Å². The summed E-state index contributed by atoms with van der Waals surface area (Å²) in [5.74, 6) is 1.36. The number of benzene rings is 2. The molecule has 1 aliphatic rings. The molecule has 1 aliphatic heterocycles. The average molecular weight is 703 g/mol. The van der Waals surface area contributed by atoms with Gasteiger partial charge in [0.25, 0.3) is 5.91 Å². The van der Waals surface area contributed by atoms with Gasteiger partial charge in [-0.25, -0.2) is 19.4 Å². The Morgan fingerprint density at radius 2 is 1.70 bits per heavy atom. The Hall–Kier alpha value is -4.76. The van der Waals surface area contributed by atoms with Crippen LogP contribution in [0.5, 0.6) is 0 Å². The molecule has 0 saturated heterocycles. The monoisotopic (exact) mass is 702 g/mol. The Labute approximate surface area is 291 Å². The van der Waals surface area contributed by atoms with E-state index in [1.165, 1.54) is 4.90 Å². The predicted molar refractivity (Wildman–Crippen MR) is 181 cm³/mol. The van der Waals surface area contributed by atoms with Gasteiger partial charge in [0.15, 0.2) is 0 Å². The molecular formula is C35H48F2N6O7. The number of nitrogens with one attached hydrogen (secondary N) is 2. The Balaban J connectivity index is 2.10. The quantitative estimate of drug-likeness (QED) is 0.118. The number of aliphatic hydroxyl groups is 1. The molecular weight excluding hydrogens is 654 g/mol. The van der Waals surface area contributed by atoms with Gasteiger partial charge >= 0.3 is 12.1 Å². The lowest BCUT2D eigenvalue weighted by Gasteiger charge is -2.53. The summed E-state index contributed by atoms with van der Waals surface area (Å²) in [5.41, 5.74) is -1.87. The SMILES string of the molecule is CC(C)(C)OC(=O)N[C@@H](CCN(C(=O)CO)[C@H](C(C)(C)C)C1(C)NC(c2cc(F)ccc2F)=CN1Cc1ccccc1)C(=O)N(N)CC(=O)O. The number of hydrogen-bond acceptors (Lipinski definition) is 9. The lowest BCUT2D eigenvalue weighted by atomic mass is 9.77. The van der Waals surface area contributed by atoms with E-state index in [1.807, 2.05) is 56.0 Å². The van der Waals surface area contributed by atoms with Crippen LogP contribution in [0.15, 0.2) is 54.7 Å². The van der Waals surface area contributed by atoms with E-state index in [1.54, 1.807) is 33.9 Å². The summed E-state index contributed by atoms with van der Waals surface area (Å²) in [7, 11) is 0. The molecule has 13 nitrogen and oxygen atoms in total. The Bertz CT molecular complexity index is 1580. The van der Waals surface area contributed by atoms with Crippen molar-refractivity contribution in [3.63, 3.8) is 0 Å². The van der Waals surface area contributed by atoms with Gasteiger partial charge in [-0.1, -0.05) is 51.1 Å². The lowest BCUT2D eigenvalue weighted by molar-refractivity contribution is -0.147. The number of hydrogen-bond donors (Lipinski definition) is 5. The van der Waals surface area contributed by atoms with E-state index in [9.17, 15) is 33.8 Å². The fourth-order valence-corrected chi connectivity index (χ4v) is 6.22. The minimum absolute atomic E-state index is 0.0341. The molecule has 2 aromatic rings. The van der Waals surface area contributed by atoms with Crippen molar-refractivity contribution in [1.82, 2.24) is 25.4 Å². The summed E-state index contributed by atoms with van der Waals surface area (Å²) < 4.78 is 34.9. The van der Waals surface area contributed by atoms with Gasteiger partial charge in [-0.05, 0) is 63.3 Å². The van der Waals surface area contributed by atoms with Crippen molar-refractivity contribution < 1.29 is 42.9 Å². The van der Waals surface area contributed by atoms with Gasteiger partial charge in [0.05, 0.1) is 11.7 Å². The van der Waals surface area contributed by atoms with Crippen molar-refractivity contribution >= 4 is 29.6 Å². The Kier molecular flexibility index (Phi) is 12.6. The number of carbonyl (C=O) groups is 4. The van der Waals surface area contributed by atoms with Crippen molar-refractivity contribution in [3.05, 3.63) is 77.5 Å². The molecule has 50 heavy (non-hydrogen) atoms. The molecule has 1 unspecified atom stereocenters. The smallest absolute Gasteiger partial charge is 0.408 e. The first-order valence-corrected chi connectivity index (χ1v) is 16.1. The lowest BCUT2D eigenvalue weighted by Crippen LogP contribution is -2.69. The van der Waals surface area contributed by atoms with E-state index in [0.29, 0.717) is 5.01 Å². The van der Waals surface area contributed by atoms with Crippen molar-refractivity contribution in [2.24, 2.45) is 11.3 Å². The second-order valence-electron chi connectivity index (χ2n) is 14.4. The molecule has 274 valence electrons. The summed E-state index contributed by atoms with van der Waals surface area (Å²) in [6.45, 7) is 10.5. The molecule has 6 N–H and O–H groups in total. The largest absolute Gasteiger partial charge is 0.480 e. The third-order valence-electron chi connectivity index (χ3n) is 8.04. The number of nitrogens with zero attached hydrogens (tertiary/aromatic N) is 3. The molecule has 3 rings (SSSR count). The number of carbonyl (C=O) groups excluding carboxylic acids is 3. The maximum atomic E-state index is 15.1. The highest BCUT2D eigenvalue weighted by atomic mass is 19.1. The highest BCUT2D eigenvalue weighted by Crippen LogP contribution is 2.41. The van der Waals surface area contributed by atoms with Crippen LogP contribution in [-0.4, -0.2) is 91.9 Å². The van der Waals surface area contributed by atoms with E-state index in [0.717, 1.165) is 23.8 Å². The number of carboxylic acids is 1. The summed E-state index contributed by atoms with van der Waals surface area (Å²) in [4.78, 5) is 54.4. The molecule has 0 aromatic heterocycles. The summed E-state index contributed by atoms with van der Waals surface area (Å²) in [5, 5.41) is 25.7. The number of nitrogens with two attached hydrogens (primary N) is 1. The van der Waals surface area contributed by atoms with Gasteiger partial charge in [-0.2, -0.15) is 0 Å². The van der Waals surface area contributed by atoms with Crippen molar-refractivity contribution in [2.45, 2.75) is 84.8 Å². The van der Waals surface area contributed by atoms with Crippen LogP contribution < -0.4 is 16.5 Å². The van der Waals surface area contributed by atoms with Crippen LogP contribution in [-0.2, 0) is 25.7 Å². The number of aliphatic hydroxyl groups excluding tert-OH is 1. The molecule has 3 atom stereocenters. The number of hydrazine groups is 1. The molecule has 0 bridgehead atoms. The van der Waals surface area contributed by atoms with E-state index < -0.39 is 77.4 Å². The van der Waals surface area contributed by atoms with Crippen LogP contribution in [0.3, 0.4) is 0 Å². The second kappa shape index (κ2) is 15.9. The van der Waals surface area contributed by atoms with Crippen LogP contribution >= 0.6 is 0 Å². The average Bonchev–Trinajstić information content (AvgIpc) is 3.32. The Morgan fingerprint density at radius 1 is 1.06 bits per heavy atom. The number of halogens is 2. The van der Waals surface area contributed by atoms with Crippen LogP contribution in [0.2, 0.25) is 0 Å². The molecule has 1 heterocycles. The first-order chi connectivity index (χ1) is 23.2. The fourth-order valence-electron chi connectivity index (χ4n) is 6.22. The normalized spacial score (nSPS) is 17.3. The highest BCUT2D eigenvalue weighted by molar-refractivity contribution is 5.88. The van der Waals surface area contributed by atoms with Gasteiger partial charge in [0, 0.05) is 24.9 Å². The van der Waals surface area contributed by atoms with E-state index in [-0.39, 0.29) is 30.8 Å². The summed E-state index contributed by atoms with van der Waals surface area (Å²) >= 11 is 0. The van der Waals surface area contributed by atoms with Crippen LogP contribution in [0.1, 0.15) is 66.0 Å². The maximum absolute atomic E-state index is 15.1. The van der Waals surface area contributed by atoms with Gasteiger partial charge < -0.3 is 35.4 Å². The molecule has 0 radical (unpaired) electrons. The van der Waals surface area contributed by atoms with Gasteiger partial charge in [0.2, 0.25) is 5.91 Å². The molecule has 0 aliphatic carbocycles. The number of amides is 3. The number of carboxylic acid groups (broad SMARTS) is 1. The topological polar surface area (TPSA) is 178 Å². The molecule has 0 saturated carbocycles. The predicted octanol–water partition coefficient (Wildman–Crippen LogP) is 3.39. The fraction of sp³-hybridized carbons (Fsp3) is 0.486. The van der Waals surface area contributed by atoms with Gasteiger partial charge in [-0.3, -0.25) is 19.4 Å². The number of rotatable bonds is 13. The number of ether oxygens (including phenoxy) is 1. The van der Waals surface area contributed by atoms with Crippen LogP contribution in [0, 0.1) is 17.0 Å². The molecule has 0 spiro atoms. The molecule has 15 heteroatoms. The number of alkyl carbamates (subject to hydrolysis) is 1. The first kappa shape index (κ1) is 39.7. The third-order valence-corrected chi connectivity index (χ3v) is 8.04. The van der Waals surface area contributed by atoms with Crippen molar-refractivity contribution in [3.8, 4) is 0 Å². The highest BCUT2D eigenvalue weighted by Gasteiger charge is 2.52. The van der Waals surface area contributed by atoms with E-state index in [4.69, 9.17) is 10.6 Å². The summed E-state index contributed by atoms with van der Waals surface area (Å²) in [6, 6.07) is 10.2. The van der Waals surface area contributed by atoms with Gasteiger partial charge in [0.1, 0.15) is 42.1 Å². The zero-order valence-electron chi connectivity index (χ0n) is 29.5. The third kappa shape index (κ3) is 10.1. The first-order valence-electron chi connectivity index (χ1n) is 16.1. The Morgan fingerprint density at radius 3 is 2.26 bits per heavy atom. The van der Waals surface area contributed by atoms with Crippen molar-refractivity contribution in [2.75, 3.05) is 19.7 Å². The van der Waals surface area contributed by atoms with E-state index >= 15 is 4.39 Å². The minimum atomic E-state index is -1.44.